The number of nitrogens with two attached hydrogens (primary N) is 1. The predicted octanol–water partition coefficient (Wildman–Crippen LogP) is 1.63. The molecular formula is C13H14N2O4. The van der Waals surface area contributed by atoms with Crippen molar-refractivity contribution in [1.82, 2.24) is 4.98 Å². The number of carbonyl (C=O) groups is 1. The van der Waals surface area contributed by atoms with Crippen LogP contribution in [0, 0.1) is 0 Å². The highest BCUT2D eigenvalue weighted by Gasteiger charge is 2.14. The van der Waals surface area contributed by atoms with E-state index < -0.39 is 0 Å². The lowest BCUT2D eigenvalue weighted by Crippen LogP contribution is -1.97. The number of hydrogen-bond acceptors (Lipinski definition) is 6. The molecule has 1 aromatic carbocycles. The normalized spacial score (nSPS) is 10.3. The van der Waals surface area contributed by atoms with Crippen LogP contribution in [-0.4, -0.2) is 25.5 Å². The minimum absolute atomic E-state index is 0.119. The summed E-state index contributed by atoms with van der Waals surface area (Å²) < 4.78 is 15.8. The number of hydrogen-bond donors (Lipinski definition) is 1. The first-order chi connectivity index (χ1) is 9.23. The lowest BCUT2D eigenvalue weighted by atomic mass is 10.2. The molecule has 0 unspecified atom stereocenters. The van der Waals surface area contributed by atoms with Crippen molar-refractivity contribution in [3.8, 4) is 23.0 Å². The van der Waals surface area contributed by atoms with Gasteiger partial charge in [0.15, 0.2) is 17.8 Å². The van der Waals surface area contributed by atoms with Gasteiger partial charge in [-0.2, -0.15) is 0 Å². The van der Waals surface area contributed by atoms with Crippen molar-refractivity contribution in [2.75, 3.05) is 14.2 Å². The highest BCUT2D eigenvalue weighted by atomic mass is 16.5. The summed E-state index contributed by atoms with van der Waals surface area (Å²) >= 11 is 0. The summed E-state index contributed by atoms with van der Waals surface area (Å²) in [4.78, 5) is 14.9. The maximum absolute atomic E-state index is 10.8. The maximum atomic E-state index is 10.8. The van der Waals surface area contributed by atoms with Gasteiger partial charge in [-0.1, -0.05) is 0 Å². The molecule has 0 radical (unpaired) electrons. The van der Waals surface area contributed by atoms with Crippen molar-refractivity contribution in [1.29, 1.82) is 0 Å². The Morgan fingerprint density at radius 2 is 2.05 bits per heavy atom. The largest absolute Gasteiger partial charge is 0.493 e. The third kappa shape index (κ3) is 2.43. The summed E-state index contributed by atoms with van der Waals surface area (Å²) in [6.07, 6.45) is 0.621. The molecule has 0 fully saturated rings. The molecule has 0 saturated carbocycles. The molecule has 0 bridgehead atoms. The van der Waals surface area contributed by atoms with Crippen LogP contribution < -0.4 is 15.2 Å². The van der Waals surface area contributed by atoms with Gasteiger partial charge in [-0.3, -0.25) is 4.79 Å². The fraction of sp³-hybridized carbons (Fsp3) is 0.231. The first-order valence-corrected chi connectivity index (χ1v) is 5.60. The van der Waals surface area contributed by atoms with Crippen molar-refractivity contribution >= 4 is 6.29 Å². The van der Waals surface area contributed by atoms with Crippen molar-refractivity contribution in [2.45, 2.75) is 6.54 Å². The van der Waals surface area contributed by atoms with E-state index in [0.717, 1.165) is 0 Å². The average Bonchev–Trinajstić information content (AvgIpc) is 2.89. The second-order valence-corrected chi connectivity index (χ2v) is 3.72. The van der Waals surface area contributed by atoms with Gasteiger partial charge in [-0.25, -0.2) is 4.98 Å². The zero-order chi connectivity index (χ0) is 13.8. The molecule has 0 spiro atoms. The van der Waals surface area contributed by atoms with Crippen LogP contribution >= 0.6 is 0 Å². The van der Waals surface area contributed by atoms with Crippen molar-refractivity contribution < 1.29 is 18.7 Å². The molecule has 2 aromatic rings. The summed E-state index contributed by atoms with van der Waals surface area (Å²) in [7, 11) is 3.10. The van der Waals surface area contributed by atoms with E-state index in [9.17, 15) is 4.79 Å². The molecule has 2 rings (SSSR count). The smallest absolute Gasteiger partial charge is 0.227 e. The first-order valence-electron chi connectivity index (χ1n) is 5.60. The van der Waals surface area contributed by atoms with Gasteiger partial charge in [-0.05, 0) is 18.2 Å². The van der Waals surface area contributed by atoms with Gasteiger partial charge in [0.1, 0.15) is 11.5 Å². The molecule has 0 aliphatic rings. The van der Waals surface area contributed by atoms with Crippen LogP contribution in [0.2, 0.25) is 0 Å². The molecule has 2 N–H and O–H groups in total. The summed E-state index contributed by atoms with van der Waals surface area (Å²) in [5.74, 6) is 1.84. The van der Waals surface area contributed by atoms with E-state index in [1.54, 1.807) is 32.4 Å². The van der Waals surface area contributed by atoms with E-state index in [-0.39, 0.29) is 12.2 Å². The quantitative estimate of drug-likeness (QED) is 0.824. The molecule has 19 heavy (non-hydrogen) atoms. The van der Waals surface area contributed by atoms with Crippen LogP contribution in [-0.2, 0) is 6.54 Å². The molecular weight excluding hydrogens is 248 g/mol. The average molecular weight is 262 g/mol. The highest BCUT2D eigenvalue weighted by Crippen LogP contribution is 2.32. The molecule has 6 heteroatoms. The lowest BCUT2D eigenvalue weighted by Gasteiger charge is -2.07. The second kappa shape index (κ2) is 5.53. The zero-order valence-electron chi connectivity index (χ0n) is 10.7. The van der Waals surface area contributed by atoms with Crippen LogP contribution in [0.4, 0.5) is 0 Å². The number of benzene rings is 1. The molecule has 0 aliphatic heterocycles. The lowest BCUT2D eigenvalue weighted by molar-refractivity contribution is 0.111. The number of methoxy groups -OCH3 is 2. The van der Waals surface area contributed by atoms with Crippen LogP contribution in [0.25, 0.3) is 11.5 Å². The van der Waals surface area contributed by atoms with E-state index in [2.05, 4.69) is 4.98 Å². The number of ether oxygens (including phenoxy) is 2. The van der Waals surface area contributed by atoms with E-state index in [0.29, 0.717) is 35.0 Å². The first kappa shape index (κ1) is 13.1. The predicted molar refractivity (Wildman–Crippen MR) is 68.3 cm³/mol. The van der Waals surface area contributed by atoms with Gasteiger partial charge in [-0.15, -0.1) is 0 Å². The number of rotatable bonds is 5. The van der Waals surface area contributed by atoms with Gasteiger partial charge in [0, 0.05) is 5.56 Å². The molecule has 100 valence electrons. The molecule has 1 heterocycles. The SMILES string of the molecule is COc1ccc(-c2nc(C=O)c(CN)o2)cc1OC. The van der Waals surface area contributed by atoms with Crippen LogP contribution in [0.1, 0.15) is 16.2 Å². The third-order valence-electron chi connectivity index (χ3n) is 2.66. The Kier molecular flexibility index (Phi) is 3.82. The van der Waals surface area contributed by atoms with Crippen molar-refractivity contribution in [3.63, 3.8) is 0 Å². The molecule has 0 saturated heterocycles. The summed E-state index contributed by atoms with van der Waals surface area (Å²) in [5, 5.41) is 0. The fourth-order valence-corrected chi connectivity index (χ4v) is 1.69. The van der Waals surface area contributed by atoms with E-state index >= 15 is 0 Å². The second-order valence-electron chi connectivity index (χ2n) is 3.72. The molecule has 6 nitrogen and oxygen atoms in total. The number of oxazole rings is 1. The number of nitrogens with zero attached hydrogens (tertiary/aromatic N) is 1. The molecule has 1 aromatic heterocycles. The zero-order valence-corrected chi connectivity index (χ0v) is 10.7. The maximum Gasteiger partial charge on any atom is 0.227 e. The summed E-state index contributed by atoms with van der Waals surface area (Å²) in [6.45, 7) is 0.119. The van der Waals surface area contributed by atoms with Gasteiger partial charge in [0.2, 0.25) is 5.89 Å². The van der Waals surface area contributed by atoms with Gasteiger partial charge in [0.05, 0.1) is 20.8 Å². The van der Waals surface area contributed by atoms with Crippen LogP contribution in [0.15, 0.2) is 22.6 Å². The Hall–Kier alpha value is -2.34. The Balaban J connectivity index is 2.46. The molecule has 0 atom stereocenters. The van der Waals surface area contributed by atoms with Gasteiger partial charge < -0.3 is 19.6 Å². The third-order valence-corrected chi connectivity index (χ3v) is 2.66. The number of aromatic nitrogens is 1. The van der Waals surface area contributed by atoms with Crippen LogP contribution in [0.3, 0.4) is 0 Å². The fourth-order valence-electron chi connectivity index (χ4n) is 1.69. The van der Waals surface area contributed by atoms with Gasteiger partial charge in [0.25, 0.3) is 0 Å². The standard InChI is InChI=1S/C13H14N2O4/c1-17-10-4-3-8(5-11(10)18-2)13-15-9(7-16)12(6-14)19-13/h3-5,7H,6,14H2,1-2H3. The Morgan fingerprint density at radius 1 is 1.32 bits per heavy atom. The summed E-state index contributed by atoms with van der Waals surface area (Å²) in [5.41, 5.74) is 6.38. The van der Waals surface area contributed by atoms with Crippen LogP contribution in [0.5, 0.6) is 11.5 Å². The minimum atomic E-state index is 0.119. The topological polar surface area (TPSA) is 87.6 Å². The number of aldehydes is 1. The van der Waals surface area contributed by atoms with E-state index in [1.165, 1.54) is 0 Å². The van der Waals surface area contributed by atoms with Gasteiger partial charge >= 0.3 is 0 Å². The van der Waals surface area contributed by atoms with E-state index in [1.807, 2.05) is 0 Å². The summed E-state index contributed by atoms with van der Waals surface area (Å²) in [6, 6.07) is 5.22. The highest BCUT2D eigenvalue weighted by molar-refractivity contribution is 5.75. The van der Waals surface area contributed by atoms with E-state index in [4.69, 9.17) is 19.6 Å². The molecule has 0 aliphatic carbocycles. The Bertz CT molecular complexity index is 592. The minimum Gasteiger partial charge on any atom is -0.493 e. The van der Waals surface area contributed by atoms with Crippen molar-refractivity contribution in [2.24, 2.45) is 5.73 Å². The monoisotopic (exact) mass is 262 g/mol. The Morgan fingerprint density at radius 3 is 2.58 bits per heavy atom. The Labute approximate surface area is 110 Å². The van der Waals surface area contributed by atoms with Crippen molar-refractivity contribution in [3.05, 3.63) is 29.7 Å². The molecule has 0 amide bonds. The number of carbonyl (C=O) groups excluding carboxylic acids is 1.